The second-order valence-corrected chi connectivity index (χ2v) is 12.0. The molecule has 11 nitrogen and oxygen atoms in total. The average Bonchev–Trinajstić information content (AvgIpc) is 2.95. The van der Waals surface area contributed by atoms with Gasteiger partial charge in [-0.1, -0.05) is 19.1 Å². The number of primary amides is 1. The second-order valence-electron chi connectivity index (χ2n) is 12.0. The molecule has 43 heavy (non-hydrogen) atoms. The molecule has 0 bridgehead atoms. The number of aromatic hydroxyl groups is 1. The molecule has 0 heterocycles. The SMILES string of the molecule is CCCNCc1ccc(OC)c(-c2ccc(O)c3c2C[C@@H]2C[C@@H]4C(N(C)C)C(=O)C(C(N)=O)C(=O)[C@]4(O)C(=O)C2C3=O)c1. The fourth-order valence-electron chi connectivity index (χ4n) is 7.34. The van der Waals surface area contributed by atoms with Crippen LogP contribution in [0.5, 0.6) is 11.5 Å². The van der Waals surface area contributed by atoms with Crippen molar-refractivity contribution in [2.45, 2.75) is 44.4 Å². The minimum atomic E-state index is -2.76. The third-order valence-electron chi connectivity index (χ3n) is 9.25. The summed E-state index contributed by atoms with van der Waals surface area (Å²) in [4.78, 5) is 68.5. The Morgan fingerprint density at radius 3 is 2.47 bits per heavy atom. The lowest BCUT2D eigenvalue weighted by Gasteiger charge is -2.52. The van der Waals surface area contributed by atoms with Crippen LogP contribution in [-0.4, -0.2) is 83.5 Å². The first kappa shape index (κ1) is 30.5. The van der Waals surface area contributed by atoms with E-state index < -0.39 is 64.4 Å². The van der Waals surface area contributed by atoms with Gasteiger partial charge in [0.15, 0.2) is 34.7 Å². The molecular formula is C32H37N3O8. The first-order chi connectivity index (χ1) is 20.4. The van der Waals surface area contributed by atoms with E-state index in [2.05, 4.69) is 12.2 Å². The second kappa shape index (κ2) is 11.3. The molecule has 3 unspecified atom stereocenters. The van der Waals surface area contributed by atoms with E-state index in [4.69, 9.17) is 10.5 Å². The number of phenolic OH excluding ortho intramolecular Hbond substituents is 1. The number of carbonyl (C=O) groups excluding carboxylic acids is 5. The zero-order valence-corrected chi connectivity index (χ0v) is 24.7. The Hall–Kier alpha value is -3.93. The molecular weight excluding hydrogens is 554 g/mol. The molecule has 1 amide bonds. The molecule has 228 valence electrons. The fourth-order valence-corrected chi connectivity index (χ4v) is 7.34. The van der Waals surface area contributed by atoms with E-state index in [0.29, 0.717) is 29.0 Å². The van der Waals surface area contributed by atoms with Crippen molar-refractivity contribution in [2.75, 3.05) is 27.7 Å². The van der Waals surface area contributed by atoms with Gasteiger partial charge in [-0.25, -0.2) is 0 Å². The van der Waals surface area contributed by atoms with Gasteiger partial charge in [0.05, 0.1) is 24.6 Å². The Kier molecular flexibility index (Phi) is 8.02. The summed E-state index contributed by atoms with van der Waals surface area (Å²) >= 11 is 0. The number of ketones is 4. The van der Waals surface area contributed by atoms with E-state index in [1.807, 2.05) is 18.2 Å². The van der Waals surface area contributed by atoms with Crippen molar-refractivity contribution < 1.29 is 38.9 Å². The molecule has 5 rings (SSSR count). The number of benzene rings is 2. The number of nitrogens with two attached hydrogens (primary N) is 1. The van der Waals surface area contributed by atoms with Gasteiger partial charge in [-0.05, 0) is 80.7 Å². The highest BCUT2D eigenvalue weighted by Gasteiger charge is 2.69. The molecule has 0 aliphatic heterocycles. The molecule has 3 aliphatic carbocycles. The zero-order valence-electron chi connectivity index (χ0n) is 24.7. The maximum atomic E-state index is 14.1. The van der Waals surface area contributed by atoms with E-state index in [0.717, 1.165) is 18.5 Å². The predicted octanol–water partition coefficient (Wildman–Crippen LogP) is 1.04. The summed E-state index contributed by atoms with van der Waals surface area (Å²) in [7, 11) is 4.65. The van der Waals surface area contributed by atoms with Gasteiger partial charge in [-0.3, -0.25) is 28.9 Å². The topological polar surface area (TPSA) is 176 Å². The number of rotatable bonds is 8. The van der Waals surface area contributed by atoms with Crippen molar-refractivity contribution >= 4 is 29.0 Å². The van der Waals surface area contributed by atoms with Crippen LogP contribution < -0.4 is 15.8 Å². The number of fused-ring (bicyclic) bond motifs is 3. The number of nitrogens with one attached hydrogen (secondary N) is 1. The molecule has 5 N–H and O–H groups in total. The Balaban J connectivity index is 1.63. The minimum absolute atomic E-state index is 0.0168. The molecule has 0 spiro atoms. The summed E-state index contributed by atoms with van der Waals surface area (Å²) in [6, 6.07) is 7.67. The summed E-state index contributed by atoms with van der Waals surface area (Å²) in [6.45, 7) is 3.53. The Morgan fingerprint density at radius 2 is 1.84 bits per heavy atom. The van der Waals surface area contributed by atoms with Gasteiger partial charge < -0.3 is 26.0 Å². The molecule has 0 aromatic heterocycles. The number of aliphatic hydroxyl groups is 1. The van der Waals surface area contributed by atoms with E-state index in [1.54, 1.807) is 27.3 Å². The van der Waals surface area contributed by atoms with E-state index in [9.17, 15) is 34.2 Å². The summed E-state index contributed by atoms with van der Waals surface area (Å²) in [6.07, 6.45) is 1.12. The van der Waals surface area contributed by atoms with Crippen molar-refractivity contribution in [3.63, 3.8) is 0 Å². The number of amides is 1. The molecule has 2 fully saturated rings. The van der Waals surface area contributed by atoms with Gasteiger partial charge in [0.1, 0.15) is 11.5 Å². The van der Waals surface area contributed by atoms with E-state index in [-0.39, 0.29) is 24.2 Å². The maximum Gasteiger partial charge on any atom is 0.235 e. The van der Waals surface area contributed by atoms with Gasteiger partial charge in [0, 0.05) is 18.0 Å². The predicted molar refractivity (Wildman–Crippen MR) is 155 cm³/mol. The number of nitrogens with zero attached hydrogens (tertiary/aromatic N) is 1. The van der Waals surface area contributed by atoms with Crippen LogP contribution in [0.4, 0.5) is 0 Å². The standard InChI is InChI=1S/C32H37N3O8/c1-5-10-34-14-15-6-9-22(43-4)18(11-15)17-7-8-21(36)24-19(17)12-16-13-20-26(35(2)3)28(38)25(31(33)41)30(40)32(20,42)29(39)23(16)27(24)37/h6-9,11,16,20,23,25-26,34,36,42H,5,10,12-14H2,1-4H3,(H2,33,41)/t16-,20-,23?,25?,26?,32-/m1/s1. The molecule has 3 aliphatic rings. The van der Waals surface area contributed by atoms with Crippen LogP contribution in [0.3, 0.4) is 0 Å². The number of likely N-dealkylation sites (N-methyl/N-ethyl adjacent to an activating group) is 1. The van der Waals surface area contributed by atoms with Gasteiger partial charge in [-0.15, -0.1) is 0 Å². The van der Waals surface area contributed by atoms with Crippen LogP contribution in [0.15, 0.2) is 30.3 Å². The summed E-state index contributed by atoms with van der Waals surface area (Å²) < 4.78 is 5.66. The lowest BCUT2D eigenvalue weighted by atomic mass is 9.52. The summed E-state index contributed by atoms with van der Waals surface area (Å²) in [5, 5.41) is 26.0. The van der Waals surface area contributed by atoms with Gasteiger partial charge in [0.25, 0.3) is 0 Å². The van der Waals surface area contributed by atoms with Crippen LogP contribution >= 0.6 is 0 Å². The fraction of sp³-hybridized carbons (Fsp3) is 0.469. The molecule has 2 aromatic rings. The number of hydrogen-bond acceptors (Lipinski definition) is 10. The number of ether oxygens (including phenoxy) is 1. The van der Waals surface area contributed by atoms with Crippen molar-refractivity contribution in [2.24, 2.45) is 29.4 Å². The normalized spacial score (nSPS) is 28.4. The summed E-state index contributed by atoms with van der Waals surface area (Å²) in [5.41, 5.74) is 5.43. The lowest BCUT2D eigenvalue weighted by molar-refractivity contribution is -0.181. The first-order valence-electron chi connectivity index (χ1n) is 14.5. The maximum absolute atomic E-state index is 14.1. The highest BCUT2D eigenvalue weighted by Crippen LogP contribution is 2.52. The van der Waals surface area contributed by atoms with Crippen molar-refractivity contribution in [3.8, 4) is 22.6 Å². The monoisotopic (exact) mass is 591 g/mol. The molecule has 0 radical (unpaired) electrons. The number of methoxy groups -OCH3 is 1. The Morgan fingerprint density at radius 1 is 1.12 bits per heavy atom. The van der Waals surface area contributed by atoms with Crippen LogP contribution in [0, 0.1) is 23.7 Å². The minimum Gasteiger partial charge on any atom is -0.507 e. The largest absolute Gasteiger partial charge is 0.507 e. The molecule has 11 heteroatoms. The Labute approximate surface area is 249 Å². The highest BCUT2D eigenvalue weighted by molar-refractivity contribution is 6.32. The lowest BCUT2D eigenvalue weighted by Crippen LogP contribution is -2.74. The van der Waals surface area contributed by atoms with Crippen LogP contribution in [0.1, 0.15) is 41.3 Å². The van der Waals surface area contributed by atoms with Gasteiger partial charge in [0.2, 0.25) is 5.91 Å². The van der Waals surface area contributed by atoms with Crippen LogP contribution in [0.25, 0.3) is 11.1 Å². The van der Waals surface area contributed by atoms with Gasteiger partial charge >= 0.3 is 0 Å². The van der Waals surface area contributed by atoms with Crippen molar-refractivity contribution in [1.29, 1.82) is 0 Å². The average molecular weight is 592 g/mol. The zero-order chi connectivity index (χ0) is 31.4. The van der Waals surface area contributed by atoms with Gasteiger partial charge in [-0.2, -0.15) is 0 Å². The first-order valence-corrected chi connectivity index (χ1v) is 14.5. The molecule has 6 atom stereocenters. The van der Waals surface area contributed by atoms with Crippen molar-refractivity contribution in [3.05, 3.63) is 47.0 Å². The van der Waals surface area contributed by atoms with Crippen LogP contribution in [-0.2, 0) is 32.1 Å². The number of Topliss-reactive ketones (excluding diaryl/α,β-unsaturated/α-hetero) is 4. The third-order valence-corrected chi connectivity index (χ3v) is 9.25. The molecule has 2 saturated carbocycles. The molecule has 2 aromatic carbocycles. The van der Waals surface area contributed by atoms with Crippen LogP contribution in [0.2, 0.25) is 0 Å². The molecule has 0 saturated heterocycles. The van der Waals surface area contributed by atoms with E-state index >= 15 is 0 Å². The number of carbonyl (C=O) groups is 5. The smallest absolute Gasteiger partial charge is 0.235 e. The highest BCUT2D eigenvalue weighted by atomic mass is 16.5. The number of phenols is 1. The quantitative estimate of drug-likeness (QED) is 0.256. The van der Waals surface area contributed by atoms with E-state index in [1.165, 1.54) is 11.0 Å². The number of hydrogen-bond donors (Lipinski definition) is 4. The Bertz CT molecular complexity index is 1530. The third kappa shape index (κ3) is 4.66. The van der Waals surface area contributed by atoms with Crippen molar-refractivity contribution in [1.82, 2.24) is 10.2 Å². The summed E-state index contributed by atoms with van der Waals surface area (Å²) in [5.74, 6) is -10.2.